The average molecular weight is 243 g/mol. The van der Waals surface area contributed by atoms with Gasteiger partial charge >= 0.3 is 0 Å². The molecular weight excluding hydrogens is 234 g/mol. The van der Waals surface area contributed by atoms with Crippen LogP contribution in [-0.2, 0) is 4.79 Å². The van der Waals surface area contributed by atoms with Crippen molar-refractivity contribution in [2.75, 3.05) is 0 Å². The van der Waals surface area contributed by atoms with Gasteiger partial charge in [-0.1, -0.05) is 24.3 Å². The highest BCUT2D eigenvalue weighted by Crippen LogP contribution is 2.24. The number of carbonyl (C=O) groups is 1. The lowest BCUT2D eigenvalue weighted by molar-refractivity contribution is -0.120. The molecule has 1 saturated heterocycles. The van der Waals surface area contributed by atoms with Crippen molar-refractivity contribution in [3.05, 3.63) is 42.1 Å². The molecule has 5 heteroatoms. The molecule has 17 heavy (non-hydrogen) atoms. The summed E-state index contributed by atoms with van der Waals surface area (Å²) in [6.07, 6.45) is 1.72. The Morgan fingerprint density at radius 1 is 1.24 bits per heavy atom. The summed E-state index contributed by atoms with van der Waals surface area (Å²) in [6.45, 7) is 0. The van der Waals surface area contributed by atoms with E-state index >= 15 is 0 Å². The summed E-state index contributed by atoms with van der Waals surface area (Å²) in [5, 5.41) is 6.91. The van der Waals surface area contributed by atoms with Crippen LogP contribution >= 0.6 is 12.2 Å². The number of pyridine rings is 1. The first kappa shape index (κ1) is 10.2. The van der Waals surface area contributed by atoms with Crippen LogP contribution in [0.2, 0.25) is 0 Å². The van der Waals surface area contributed by atoms with Crippen molar-refractivity contribution in [2.24, 2.45) is 0 Å². The SMILES string of the molecule is O=C1NC(=S)NC1c1cccc2cccnc12. The van der Waals surface area contributed by atoms with Gasteiger partial charge in [-0.05, 0) is 18.3 Å². The second-order valence-electron chi connectivity index (χ2n) is 3.82. The number of amides is 1. The molecule has 1 aliphatic heterocycles. The summed E-state index contributed by atoms with van der Waals surface area (Å²) in [7, 11) is 0. The molecule has 0 aliphatic carbocycles. The molecule has 1 aromatic heterocycles. The van der Waals surface area contributed by atoms with Gasteiger partial charge in [-0.25, -0.2) is 0 Å². The molecule has 2 aromatic rings. The minimum Gasteiger partial charge on any atom is -0.347 e. The predicted octanol–water partition coefficient (Wildman–Crippen LogP) is 1.28. The van der Waals surface area contributed by atoms with Crippen molar-refractivity contribution in [3.8, 4) is 0 Å². The van der Waals surface area contributed by atoms with E-state index in [1.807, 2.05) is 30.3 Å². The van der Waals surface area contributed by atoms with E-state index in [1.54, 1.807) is 6.20 Å². The molecule has 0 spiro atoms. The van der Waals surface area contributed by atoms with Crippen LogP contribution in [0, 0.1) is 0 Å². The number of para-hydroxylation sites is 1. The molecule has 1 aromatic carbocycles. The zero-order chi connectivity index (χ0) is 11.8. The van der Waals surface area contributed by atoms with Gasteiger partial charge in [0, 0.05) is 17.1 Å². The molecule has 0 radical (unpaired) electrons. The van der Waals surface area contributed by atoms with E-state index in [0.717, 1.165) is 16.5 Å². The summed E-state index contributed by atoms with van der Waals surface area (Å²) in [4.78, 5) is 16.1. The van der Waals surface area contributed by atoms with Gasteiger partial charge in [0.15, 0.2) is 5.11 Å². The third kappa shape index (κ3) is 1.64. The van der Waals surface area contributed by atoms with Gasteiger partial charge < -0.3 is 10.6 Å². The molecule has 1 atom stereocenters. The highest BCUT2D eigenvalue weighted by molar-refractivity contribution is 7.80. The Hall–Kier alpha value is -2.01. The smallest absolute Gasteiger partial charge is 0.253 e. The van der Waals surface area contributed by atoms with E-state index in [-0.39, 0.29) is 5.91 Å². The summed E-state index contributed by atoms with van der Waals surface area (Å²) in [5.74, 6) is -0.131. The zero-order valence-corrected chi connectivity index (χ0v) is 9.62. The summed E-state index contributed by atoms with van der Waals surface area (Å²) in [5.41, 5.74) is 1.67. The lowest BCUT2D eigenvalue weighted by Gasteiger charge is -2.10. The predicted molar refractivity (Wildman–Crippen MR) is 68.4 cm³/mol. The van der Waals surface area contributed by atoms with Crippen molar-refractivity contribution in [3.63, 3.8) is 0 Å². The summed E-state index contributed by atoms with van der Waals surface area (Å²) < 4.78 is 0. The summed E-state index contributed by atoms with van der Waals surface area (Å²) in [6, 6.07) is 9.17. The highest BCUT2D eigenvalue weighted by Gasteiger charge is 2.30. The lowest BCUT2D eigenvalue weighted by Crippen LogP contribution is -2.21. The molecular formula is C12H9N3OS. The first-order valence-corrected chi connectivity index (χ1v) is 5.61. The number of rotatable bonds is 1. The second kappa shape index (κ2) is 3.78. The Morgan fingerprint density at radius 3 is 2.82 bits per heavy atom. The lowest BCUT2D eigenvalue weighted by atomic mass is 10.0. The Labute approximate surface area is 103 Å². The Morgan fingerprint density at radius 2 is 2.06 bits per heavy atom. The van der Waals surface area contributed by atoms with E-state index in [9.17, 15) is 4.79 Å². The van der Waals surface area contributed by atoms with Crippen LogP contribution in [0.4, 0.5) is 0 Å². The molecule has 1 unspecified atom stereocenters. The van der Waals surface area contributed by atoms with E-state index < -0.39 is 6.04 Å². The van der Waals surface area contributed by atoms with Gasteiger partial charge in [0.1, 0.15) is 6.04 Å². The van der Waals surface area contributed by atoms with Gasteiger partial charge in [0.05, 0.1) is 5.52 Å². The van der Waals surface area contributed by atoms with Gasteiger partial charge in [0.2, 0.25) is 0 Å². The number of hydrogen-bond acceptors (Lipinski definition) is 3. The number of hydrogen-bond donors (Lipinski definition) is 2. The fourth-order valence-corrected chi connectivity index (χ4v) is 2.21. The third-order valence-electron chi connectivity index (χ3n) is 2.75. The second-order valence-corrected chi connectivity index (χ2v) is 4.23. The third-order valence-corrected chi connectivity index (χ3v) is 2.97. The van der Waals surface area contributed by atoms with E-state index in [1.165, 1.54) is 0 Å². The Kier molecular flexibility index (Phi) is 2.26. The van der Waals surface area contributed by atoms with Gasteiger partial charge in [-0.15, -0.1) is 0 Å². The Balaban J connectivity index is 2.17. The van der Waals surface area contributed by atoms with E-state index in [2.05, 4.69) is 15.6 Å². The van der Waals surface area contributed by atoms with Crippen LogP contribution in [0.15, 0.2) is 36.5 Å². The van der Waals surface area contributed by atoms with E-state index in [4.69, 9.17) is 12.2 Å². The quantitative estimate of drug-likeness (QED) is 0.741. The van der Waals surface area contributed by atoms with Crippen LogP contribution in [0.1, 0.15) is 11.6 Å². The van der Waals surface area contributed by atoms with Gasteiger partial charge in [-0.2, -0.15) is 0 Å². The topological polar surface area (TPSA) is 54.0 Å². The fourth-order valence-electron chi connectivity index (χ4n) is 2.00. The maximum Gasteiger partial charge on any atom is 0.253 e. The number of nitrogens with zero attached hydrogens (tertiary/aromatic N) is 1. The van der Waals surface area contributed by atoms with Crippen molar-refractivity contribution in [1.82, 2.24) is 15.6 Å². The highest BCUT2D eigenvalue weighted by atomic mass is 32.1. The first-order chi connectivity index (χ1) is 8.25. The maximum absolute atomic E-state index is 11.7. The normalized spacial score (nSPS) is 19.2. The van der Waals surface area contributed by atoms with Crippen LogP contribution in [-0.4, -0.2) is 16.0 Å². The van der Waals surface area contributed by atoms with Crippen LogP contribution in [0.5, 0.6) is 0 Å². The van der Waals surface area contributed by atoms with Gasteiger partial charge in [-0.3, -0.25) is 9.78 Å². The first-order valence-electron chi connectivity index (χ1n) is 5.21. The molecule has 2 heterocycles. The maximum atomic E-state index is 11.7. The fraction of sp³-hybridized carbons (Fsp3) is 0.0833. The molecule has 1 fully saturated rings. The number of benzene rings is 1. The number of nitrogens with one attached hydrogen (secondary N) is 2. The number of aromatic nitrogens is 1. The largest absolute Gasteiger partial charge is 0.347 e. The summed E-state index contributed by atoms with van der Waals surface area (Å²) >= 11 is 4.93. The van der Waals surface area contributed by atoms with Crippen molar-refractivity contribution < 1.29 is 4.79 Å². The monoisotopic (exact) mass is 243 g/mol. The molecule has 1 amide bonds. The molecule has 84 valence electrons. The molecule has 2 N–H and O–H groups in total. The standard InChI is InChI=1S/C12H9N3OS/c16-11-10(14-12(17)15-11)8-5-1-3-7-4-2-6-13-9(7)8/h1-6,10H,(H2,14,15,16,17). The molecule has 1 aliphatic rings. The average Bonchev–Trinajstić information content (AvgIpc) is 2.68. The Bertz CT molecular complexity index is 621. The minimum absolute atomic E-state index is 0.131. The van der Waals surface area contributed by atoms with E-state index in [0.29, 0.717) is 5.11 Å². The minimum atomic E-state index is -0.443. The van der Waals surface area contributed by atoms with Gasteiger partial charge in [0.25, 0.3) is 5.91 Å². The number of fused-ring (bicyclic) bond motifs is 1. The zero-order valence-electron chi connectivity index (χ0n) is 8.81. The number of thiocarbonyl (C=S) groups is 1. The molecule has 3 rings (SSSR count). The molecule has 0 bridgehead atoms. The van der Waals surface area contributed by atoms with Crippen molar-refractivity contribution in [2.45, 2.75) is 6.04 Å². The van der Waals surface area contributed by atoms with Crippen LogP contribution in [0.25, 0.3) is 10.9 Å². The molecule has 4 nitrogen and oxygen atoms in total. The van der Waals surface area contributed by atoms with Crippen LogP contribution in [0.3, 0.4) is 0 Å². The van der Waals surface area contributed by atoms with Crippen LogP contribution < -0.4 is 10.6 Å². The number of carbonyl (C=O) groups excluding carboxylic acids is 1. The van der Waals surface area contributed by atoms with Crippen molar-refractivity contribution >= 4 is 34.1 Å². The van der Waals surface area contributed by atoms with Crippen molar-refractivity contribution in [1.29, 1.82) is 0 Å². The molecule has 0 saturated carbocycles.